The van der Waals surface area contributed by atoms with Crippen LogP contribution in [0.25, 0.3) is 0 Å². The summed E-state index contributed by atoms with van der Waals surface area (Å²) in [5.74, 6) is 0.403. The molecule has 1 atom stereocenters. The van der Waals surface area contributed by atoms with Crippen LogP contribution in [0.15, 0.2) is 36.4 Å². The first-order valence-corrected chi connectivity index (χ1v) is 12.2. The predicted molar refractivity (Wildman–Crippen MR) is 140 cm³/mol. The second-order valence-electron chi connectivity index (χ2n) is 13.5. The van der Waals surface area contributed by atoms with Crippen LogP contribution in [0.1, 0.15) is 136 Å². The van der Waals surface area contributed by atoms with E-state index in [-0.39, 0.29) is 21.7 Å². The van der Waals surface area contributed by atoms with Gasteiger partial charge in [0.15, 0.2) is 0 Å². The molecule has 2 rings (SSSR count). The van der Waals surface area contributed by atoms with E-state index < -0.39 is 0 Å². The topological polar surface area (TPSA) is 0 Å². The van der Waals surface area contributed by atoms with Gasteiger partial charge in [0.05, 0.1) is 0 Å². The van der Waals surface area contributed by atoms with E-state index in [0.717, 1.165) is 6.42 Å². The van der Waals surface area contributed by atoms with Crippen LogP contribution in [0, 0.1) is 0 Å². The molecule has 172 valence electrons. The molecule has 31 heavy (non-hydrogen) atoms. The van der Waals surface area contributed by atoms with E-state index in [9.17, 15) is 0 Å². The van der Waals surface area contributed by atoms with E-state index in [1.165, 1.54) is 33.4 Å². The fraction of sp³-hybridized carbons (Fsp3) is 0.613. The Bertz CT molecular complexity index is 899. The highest BCUT2D eigenvalue weighted by Gasteiger charge is 2.32. The Morgan fingerprint density at radius 3 is 1.35 bits per heavy atom. The summed E-state index contributed by atoms with van der Waals surface area (Å²) >= 11 is 0. The van der Waals surface area contributed by atoms with Crippen LogP contribution in [0.2, 0.25) is 0 Å². The van der Waals surface area contributed by atoms with E-state index in [2.05, 4.69) is 126 Å². The SMILES string of the molecule is CCC(c1ccccc1C(C)(C)C)c1cc(C(C)(C)C)c(C(C)(C)C)cc1C(C)(C)C. The summed E-state index contributed by atoms with van der Waals surface area (Å²) in [6, 6.07) is 14.3. The Morgan fingerprint density at radius 2 is 0.935 bits per heavy atom. The molecular weight excluding hydrogens is 372 g/mol. The first-order chi connectivity index (χ1) is 13.9. The van der Waals surface area contributed by atoms with Crippen molar-refractivity contribution in [1.82, 2.24) is 0 Å². The summed E-state index contributed by atoms with van der Waals surface area (Å²) in [5.41, 5.74) is 9.42. The number of rotatable bonds is 3. The van der Waals surface area contributed by atoms with E-state index in [0.29, 0.717) is 5.92 Å². The van der Waals surface area contributed by atoms with Crippen molar-refractivity contribution in [3.8, 4) is 0 Å². The molecular formula is C31H48. The standard InChI is InChI=1S/C31H48/c1-14-21(22-17-15-16-18-24(22)28(2,3)4)23-19-26(30(8,9)10)27(31(11,12)13)20-25(23)29(5,6)7/h15-21H,14H2,1-13H3. The third-order valence-corrected chi connectivity index (χ3v) is 6.54. The van der Waals surface area contributed by atoms with Crippen LogP contribution in [0.5, 0.6) is 0 Å². The Hall–Kier alpha value is -1.56. The first kappa shape index (κ1) is 25.7. The van der Waals surface area contributed by atoms with Crippen LogP contribution >= 0.6 is 0 Å². The summed E-state index contributed by atoms with van der Waals surface area (Å²) < 4.78 is 0. The van der Waals surface area contributed by atoms with Gasteiger partial charge in [0.25, 0.3) is 0 Å². The maximum Gasteiger partial charge on any atom is 0.00927 e. The van der Waals surface area contributed by atoms with Crippen molar-refractivity contribution >= 4 is 0 Å². The van der Waals surface area contributed by atoms with Crippen molar-refractivity contribution in [2.75, 3.05) is 0 Å². The lowest BCUT2D eigenvalue weighted by Crippen LogP contribution is -2.26. The monoisotopic (exact) mass is 420 g/mol. The van der Waals surface area contributed by atoms with Crippen molar-refractivity contribution < 1.29 is 0 Å². The molecule has 0 bridgehead atoms. The van der Waals surface area contributed by atoms with Crippen molar-refractivity contribution in [2.45, 2.75) is 124 Å². The van der Waals surface area contributed by atoms with Gasteiger partial charge in [-0.2, -0.15) is 0 Å². The van der Waals surface area contributed by atoms with Gasteiger partial charge in [-0.05, 0) is 61.5 Å². The van der Waals surface area contributed by atoms with Crippen LogP contribution < -0.4 is 0 Å². The predicted octanol–water partition coefficient (Wildman–Crippen LogP) is 9.42. The zero-order valence-electron chi connectivity index (χ0n) is 22.7. The average Bonchev–Trinajstić information content (AvgIpc) is 2.59. The summed E-state index contributed by atoms with van der Waals surface area (Å²) in [5, 5.41) is 0. The van der Waals surface area contributed by atoms with E-state index in [1.54, 1.807) is 0 Å². The van der Waals surface area contributed by atoms with Crippen molar-refractivity contribution in [3.63, 3.8) is 0 Å². The highest BCUT2D eigenvalue weighted by molar-refractivity contribution is 5.52. The zero-order valence-corrected chi connectivity index (χ0v) is 22.7. The summed E-state index contributed by atoms with van der Waals surface area (Å²) in [4.78, 5) is 0. The molecule has 2 aromatic carbocycles. The van der Waals surface area contributed by atoms with Gasteiger partial charge in [-0.3, -0.25) is 0 Å². The van der Waals surface area contributed by atoms with Gasteiger partial charge >= 0.3 is 0 Å². The molecule has 0 aromatic heterocycles. The molecule has 0 radical (unpaired) electrons. The highest BCUT2D eigenvalue weighted by Crippen LogP contribution is 2.44. The van der Waals surface area contributed by atoms with Crippen LogP contribution in [-0.2, 0) is 21.7 Å². The molecule has 0 aliphatic heterocycles. The Labute approximate surface area is 193 Å². The molecule has 0 fully saturated rings. The lowest BCUT2D eigenvalue weighted by molar-refractivity contribution is 0.516. The highest BCUT2D eigenvalue weighted by atomic mass is 14.4. The minimum absolute atomic E-state index is 0.0931. The molecule has 0 amide bonds. The molecule has 0 N–H and O–H groups in total. The molecule has 1 unspecified atom stereocenters. The second kappa shape index (κ2) is 8.42. The van der Waals surface area contributed by atoms with E-state index in [4.69, 9.17) is 0 Å². The van der Waals surface area contributed by atoms with Gasteiger partial charge in [-0.25, -0.2) is 0 Å². The minimum atomic E-state index is 0.0931. The molecule has 0 aliphatic carbocycles. The van der Waals surface area contributed by atoms with Crippen LogP contribution in [0.4, 0.5) is 0 Å². The smallest absolute Gasteiger partial charge is 0.00927 e. The second-order valence-corrected chi connectivity index (χ2v) is 13.5. The number of hydrogen-bond acceptors (Lipinski definition) is 0. The van der Waals surface area contributed by atoms with Gasteiger partial charge in [-0.15, -0.1) is 0 Å². The summed E-state index contributed by atoms with van der Waals surface area (Å²) in [7, 11) is 0. The van der Waals surface area contributed by atoms with Gasteiger partial charge < -0.3 is 0 Å². The fourth-order valence-electron chi connectivity index (χ4n) is 4.89. The fourth-order valence-corrected chi connectivity index (χ4v) is 4.89. The van der Waals surface area contributed by atoms with Gasteiger partial charge in [-0.1, -0.05) is 126 Å². The lowest BCUT2D eigenvalue weighted by atomic mass is 9.68. The van der Waals surface area contributed by atoms with Gasteiger partial charge in [0.1, 0.15) is 0 Å². The molecule has 2 aromatic rings. The van der Waals surface area contributed by atoms with Crippen LogP contribution in [0.3, 0.4) is 0 Å². The van der Waals surface area contributed by atoms with E-state index in [1.807, 2.05) is 0 Å². The molecule has 0 spiro atoms. The Kier molecular flexibility index (Phi) is 6.98. The van der Waals surface area contributed by atoms with Gasteiger partial charge in [0, 0.05) is 5.92 Å². The number of hydrogen-bond donors (Lipinski definition) is 0. The lowest BCUT2D eigenvalue weighted by Gasteiger charge is -2.37. The van der Waals surface area contributed by atoms with Crippen molar-refractivity contribution in [2.24, 2.45) is 0 Å². The van der Waals surface area contributed by atoms with Gasteiger partial charge in [0.2, 0.25) is 0 Å². The van der Waals surface area contributed by atoms with Crippen molar-refractivity contribution in [1.29, 1.82) is 0 Å². The molecule has 0 saturated heterocycles. The Morgan fingerprint density at radius 1 is 0.516 bits per heavy atom. The third-order valence-electron chi connectivity index (χ3n) is 6.54. The summed E-state index contributed by atoms with van der Waals surface area (Å²) in [6.45, 7) is 30.6. The maximum absolute atomic E-state index is 2.58. The van der Waals surface area contributed by atoms with E-state index >= 15 is 0 Å². The largest absolute Gasteiger partial charge is 0.0645 e. The summed E-state index contributed by atoms with van der Waals surface area (Å²) in [6.07, 6.45) is 1.11. The third kappa shape index (κ3) is 5.63. The zero-order chi connectivity index (χ0) is 24.0. The minimum Gasteiger partial charge on any atom is -0.0645 e. The normalized spacial score (nSPS) is 14.6. The Balaban J connectivity index is 2.95. The van der Waals surface area contributed by atoms with Crippen LogP contribution in [-0.4, -0.2) is 0 Å². The number of benzene rings is 2. The maximum atomic E-state index is 2.58. The average molecular weight is 421 g/mol. The first-order valence-electron chi connectivity index (χ1n) is 12.2. The molecule has 0 heteroatoms. The quantitative estimate of drug-likeness (QED) is 0.464. The van der Waals surface area contributed by atoms with Crippen molar-refractivity contribution in [3.05, 3.63) is 69.8 Å². The molecule has 0 heterocycles. The molecule has 0 aliphatic rings. The molecule has 0 saturated carbocycles. The molecule has 0 nitrogen and oxygen atoms in total.